The maximum Gasteiger partial charge on any atom is 0.412 e. The van der Waals surface area contributed by atoms with E-state index in [4.69, 9.17) is 21.3 Å². The number of hydrogen-bond donors (Lipinski definition) is 1. The van der Waals surface area contributed by atoms with Gasteiger partial charge in [-0.2, -0.15) is 0 Å². The van der Waals surface area contributed by atoms with Crippen molar-refractivity contribution in [2.24, 2.45) is 4.99 Å². The maximum atomic E-state index is 13.2. The van der Waals surface area contributed by atoms with Crippen LogP contribution in [-0.2, 0) is 22.4 Å². The molecule has 0 saturated carbocycles. The van der Waals surface area contributed by atoms with Gasteiger partial charge in [-0.3, -0.25) is 15.1 Å². The second kappa shape index (κ2) is 10.3. The van der Waals surface area contributed by atoms with Gasteiger partial charge in [0.1, 0.15) is 11.6 Å². The van der Waals surface area contributed by atoms with E-state index in [0.717, 1.165) is 26.7 Å². The molecule has 0 aromatic heterocycles. The summed E-state index contributed by atoms with van der Waals surface area (Å²) >= 11 is 9.92. The Labute approximate surface area is 218 Å². The monoisotopic (exact) mass is 552 g/mol. The Morgan fingerprint density at radius 1 is 1.11 bits per heavy atom. The highest BCUT2D eigenvalue weighted by Gasteiger charge is 2.27. The number of amides is 1. The number of nitrogens with one attached hydrogen (secondary N) is 1. The zero-order valence-electron chi connectivity index (χ0n) is 19.8. The molecule has 3 aromatic rings. The first kappa shape index (κ1) is 25.1. The topological polar surface area (TPSA) is 67.8 Å². The summed E-state index contributed by atoms with van der Waals surface area (Å²) in [6, 6.07) is 20.2. The van der Waals surface area contributed by atoms with Gasteiger partial charge in [0.05, 0.1) is 5.71 Å². The third-order valence-electron chi connectivity index (χ3n) is 5.52. The minimum atomic E-state index is -0.586. The molecule has 0 fully saturated rings. The zero-order valence-corrected chi connectivity index (χ0v) is 22.1. The Kier molecular flexibility index (Phi) is 7.43. The van der Waals surface area contributed by atoms with E-state index < -0.39 is 17.7 Å². The first-order valence-electron chi connectivity index (χ1n) is 11.3. The quantitative estimate of drug-likeness (QED) is 0.377. The molecule has 180 valence electrons. The van der Waals surface area contributed by atoms with Gasteiger partial charge in [-0.1, -0.05) is 63.9 Å². The third kappa shape index (κ3) is 6.38. The van der Waals surface area contributed by atoms with Crippen molar-refractivity contribution in [3.8, 4) is 0 Å². The number of nitrogens with zero attached hydrogens (tertiary/aromatic N) is 1. The highest BCUT2D eigenvalue weighted by molar-refractivity contribution is 9.10. The predicted octanol–water partition coefficient (Wildman–Crippen LogP) is 7.02. The number of fused-ring (bicyclic) bond motifs is 1. The number of aliphatic imine (C=N–C) groups is 1. The number of Topliss-reactive ketones (excluding diaryl/α,β-unsaturated/α-hetero) is 1. The minimum Gasteiger partial charge on any atom is -0.444 e. The van der Waals surface area contributed by atoms with Crippen molar-refractivity contribution in [2.45, 2.75) is 45.3 Å². The summed E-state index contributed by atoms with van der Waals surface area (Å²) in [4.78, 5) is 30.3. The lowest BCUT2D eigenvalue weighted by molar-refractivity contribution is -0.119. The molecule has 0 aliphatic carbocycles. The van der Waals surface area contributed by atoms with Gasteiger partial charge in [-0.25, -0.2) is 4.79 Å². The number of benzene rings is 3. The molecule has 35 heavy (non-hydrogen) atoms. The molecule has 1 N–H and O–H groups in total. The van der Waals surface area contributed by atoms with Crippen molar-refractivity contribution in [3.63, 3.8) is 0 Å². The van der Waals surface area contributed by atoms with Crippen LogP contribution in [0.15, 0.2) is 76.2 Å². The van der Waals surface area contributed by atoms with Crippen LogP contribution in [0.1, 0.15) is 43.0 Å². The zero-order chi connectivity index (χ0) is 25.2. The van der Waals surface area contributed by atoms with Gasteiger partial charge in [0.15, 0.2) is 5.78 Å². The number of ketones is 1. The fraction of sp³-hybridized carbons (Fsp3) is 0.250. The number of rotatable bonds is 4. The fourth-order valence-corrected chi connectivity index (χ4v) is 4.54. The summed E-state index contributed by atoms with van der Waals surface area (Å²) in [5.41, 5.74) is 4.30. The molecule has 0 saturated heterocycles. The number of ether oxygens (including phenoxy) is 1. The first-order chi connectivity index (χ1) is 16.6. The van der Waals surface area contributed by atoms with Crippen LogP contribution in [0.25, 0.3) is 0 Å². The van der Waals surface area contributed by atoms with Crippen molar-refractivity contribution in [1.29, 1.82) is 0 Å². The average Bonchev–Trinajstić information content (AvgIpc) is 2.91. The van der Waals surface area contributed by atoms with Crippen molar-refractivity contribution >= 4 is 50.8 Å². The summed E-state index contributed by atoms with van der Waals surface area (Å²) in [6.45, 7) is 5.44. The molecule has 0 bridgehead atoms. The Balaban J connectivity index is 1.69. The molecule has 7 heteroatoms. The van der Waals surface area contributed by atoms with E-state index in [9.17, 15) is 9.59 Å². The standard InChI is InChI=1S/C28H26BrClN2O3/c1-28(2,3)35-27(34)31-21-12-9-17(10-13-21)26-22-16-20(30)11-8-18(22)15-25(33)24(32-26)14-19-6-4-5-7-23(19)29/h4-13,16,24H,14-15H2,1-3H3,(H,31,34). The molecule has 4 rings (SSSR count). The summed E-state index contributed by atoms with van der Waals surface area (Å²) in [5.74, 6) is 0.0579. The van der Waals surface area contributed by atoms with E-state index in [-0.39, 0.29) is 12.2 Å². The van der Waals surface area contributed by atoms with Crippen molar-refractivity contribution in [2.75, 3.05) is 5.32 Å². The highest BCUT2D eigenvalue weighted by atomic mass is 79.9. The number of anilines is 1. The van der Waals surface area contributed by atoms with Gasteiger partial charge in [0, 0.05) is 39.2 Å². The molecule has 3 aromatic carbocycles. The van der Waals surface area contributed by atoms with Gasteiger partial charge in [0.2, 0.25) is 0 Å². The van der Waals surface area contributed by atoms with Crippen LogP contribution >= 0.6 is 27.5 Å². The lowest BCUT2D eigenvalue weighted by Crippen LogP contribution is -2.27. The van der Waals surface area contributed by atoms with Gasteiger partial charge < -0.3 is 4.74 Å². The summed E-state index contributed by atoms with van der Waals surface area (Å²) in [7, 11) is 0. The van der Waals surface area contributed by atoms with Gasteiger partial charge in [-0.15, -0.1) is 0 Å². The lowest BCUT2D eigenvalue weighted by atomic mass is 9.95. The van der Waals surface area contributed by atoms with Gasteiger partial charge in [0.25, 0.3) is 0 Å². The molecule has 1 atom stereocenters. The Hall–Kier alpha value is -2.96. The largest absolute Gasteiger partial charge is 0.444 e. The van der Waals surface area contributed by atoms with Crippen LogP contribution in [0.3, 0.4) is 0 Å². The van der Waals surface area contributed by atoms with Gasteiger partial charge >= 0.3 is 6.09 Å². The molecule has 5 nitrogen and oxygen atoms in total. The number of hydrogen-bond acceptors (Lipinski definition) is 4. The van der Waals surface area contributed by atoms with Crippen LogP contribution in [0.5, 0.6) is 0 Å². The van der Waals surface area contributed by atoms with E-state index in [1.54, 1.807) is 18.2 Å². The number of carbonyl (C=O) groups is 2. The normalized spacial score (nSPS) is 15.6. The molecule has 1 heterocycles. The van der Waals surface area contributed by atoms with Crippen LogP contribution in [0.2, 0.25) is 5.02 Å². The molecule has 0 spiro atoms. The van der Waals surface area contributed by atoms with E-state index >= 15 is 0 Å². The summed E-state index contributed by atoms with van der Waals surface area (Å²) in [6.07, 6.45) is 0.254. The van der Waals surface area contributed by atoms with Crippen molar-refractivity contribution in [1.82, 2.24) is 0 Å². The molecule has 1 aliphatic rings. The number of halogens is 2. The van der Waals surface area contributed by atoms with Crippen molar-refractivity contribution < 1.29 is 14.3 Å². The Morgan fingerprint density at radius 3 is 2.51 bits per heavy atom. The fourth-order valence-electron chi connectivity index (χ4n) is 3.92. The predicted molar refractivity (Wildman–Crippen MR) is 144 cm³/mol. The number of carbonyl (C=O) groups excluding carboxylic acids is 2. The third-order valence-corrected chi connectivity index (χ3v) is 6.53. The highest BCUT2D eigenvalue weighted by Crippen LogP contribution is 2.28. The van der Waals surface area contributed by atoms with E-state index in [1.165, 1.54) is 0 Å². The van der Waals surface area contributed by atoms with Crippen LogP contribution in [0, 0.1) is 0 Å². The lowest BCUT2D eigenvalue weighted by Gasteiger charge is -2.19. The van der Waals surface area contributed by atoms with Crippen molar-refractivity contribution in [3.05, 3.63) is 98.5 Å². The Bertz CT molecular complexity index is 1300. The molecular weight excluding hydrogens is 528 g/mol. The van der Waals surface area contributed by atoms with E-state index in [2.05, 4.69) is 21.2 Å². The van der Waals surface area contributed by atoms with E-state index in [1.807, 2.05) is 69.3 Å². The second-order valence-corrected chi connectivity index (χ2v) is 10.7. The SMILES string of the molecule is CC(C)(C)OC(=O)Nc1ccc(C2=NC(Cc3ccccc3Br)C(=O)Cc3ccc(Cl)cc32)cc1. The summed E-state index contributed by atoms with van der Waals surface area (Å²) in [5, 5.41) is 3.32. The minimum absolute atomic E-state index is 0.0579. The van der Waals surface area contributed by atoms with Crippen LogP contribution in [0.4, 0.5) is 10.5 Å². The Morgan fingerprint density at radius 2 is 1.83 bits per heavy atom. The molecule has 1 amide bonds. The molecular formula is C28H26BrClN2O3. The van der Waals surface area contributed by atoms with Gasteiger partial charge in [-0.05, 0) is 62.2 Å². The molecule has 1 unspecified atom stereocenters. The van der Waals surface area contributed by atoms with Crippen LogP contribution < -0.4 is 5.32 Å². The smallest absolute Gasteiger partial charge is 0.412 e. The van der Waals surface area contributed by atoms with E-state index in [0.29, 0.717) is 22.8 Å². The molecule has 1 aliphatic heterocycles. The molecule has 0 radical (unpaired) electrons. The first-order valence-corrected chi connectivity index (χ1v) is 12.5. The second-order valence-electron chi connectivity index (χ2n) is 9.44. The average molecular weight is 554 g/mol. The maximum absolute atomic E-state index is 13.2. The van der Waals surface area contributed by atoms with Crippen LogP contribution in [-0.4, -0.2) is 29.2 Å². The summed E-state index contributed by atoms with van der Waals surface area (Å²) < 4.78 is 6.28.